The van der Waals surface area contributed by atoms with Gasteiger partial charge in [0.05, 0.1) is 18.9 Å². The summed E-state index contributed by atoms with van der Waals surface area (Å²) in [4.78, 5) is 22.5. The largest absolute Gasteiger partial charge is 0.472 e. The molecule has 0 radical (unpaired) electrons. The molecule has 1 atom stereocenters. The molecular weight excluding hydrogens is 222 g/mol. The molecule has 0 saturated heterocycles. The maximum Gasteiger partial charge on any atom is 0.305 e. The highest BCUT2D eigenvalue weighted by Gasteiger charge is 2.11. The highest BCUT2D eigenvalue weighted by Crippen LogP contribution is 2.04. The number of ether oxygens (including phenoxy) is 1. The van der Waals surface area contributed by atoms with E-state index in [0.717, 1.165) is 6.42 Å². The van der Waals surface area contributed by atoms with E-state index in [9.17, 15) is 9.59 Å². The lowest BCUT2D eigenvalue weighted by molar-refractivity contribution is -0.140. The molecule has 1 rings (SSSR count). The van der Waals surface area contributed by atoms with E-state index in [4.69, 9.17) is 4.42 Å². The number of esters is 1. The van der Waals surface area contributed by atoms with Crippen molar-refractivity contribution in [1.82, 2.24) is 5.32 Å². The van der Waals surface area contributed by atoms with E-state index in [1.54, 1.807) is 6.07 Å². The SMILES string of the molecule is COC(=O)CCCC(C)NC(=O)c1ccoc1. The Balaban J connectivity index is 2.23. The second kappa shape index (κ2) is 6.73. The van der Waals surface area contributed by atoms with Crippen LogP contribution in [0.2, 0.25) is 0 Å². The number of hydrogen-bond acceptors (Lipinski definition) is 4. The van der Waals surface area contributed by atoms with Crippen LogP contribution in [0.25, 0.3) is 0 Å². The second-order valence-electron chi connectivity index (χ2n) is 3.85. The van der Waals surface area contributed by atoms with Gasteiger partial charge in [-0.05, 0) is 25.8 Å². The van der Waals surface area contributed by atoms with Crippen LogP contribution in [0.3, 0.4) is 0 Å². The third-order valence-electron chi connectivity index (χ3n) is 2.41. The van der Waals surface area contributed by atoms with Crippen LogP contribution < -0.4 is 5.32 Å². The first-order chi connectivity index (χ1) is 8.13. The van der Waals surface area contributed by atoms with Gasteiger partial charge in [-0.1, -0.05) is 0 Å². The van der Waals surface area contributed by atoms with Crippen LogP contribution in [-0.4, -0.2) is 25.0 Å². The Morgan fingerprint density at radius 3 is 2.88 bits per heavy atom. The standard InChI is InChI=1S/C12H17NO4/c1-9(4-3-5-11(14)16-2)13-12(15)10-6-7-17-8-10/h6-9H,3-5H2,1-2H3,(H,13,15). The molecule has 1 aromatic rings. The van der Waals surface area contributed by atoms with Crippen LogP contribution in [0.4, 0.5) is 0 Å². The van der Waals surface area contributed by atoms with Crippen molar-refractivity contribution in [3.63, 3.8) is 0 Å². The van der Waals surface area contributed by atoms with E-state index in [-0.39, 0.29) is 17.9 Å². The number of amides is 1. The van der Waals surface area contributed by atoms with Gasteiger partial charge >= 0.3 is 5.97 Å². The topological polar surface area (TPSA) is 68.5 Å². The number of nitrogens with one attached hydrogen (secondary N) is 1. The number of furan rings is 1. The van der Waals surface area contributed by atoms with Gasteiger partial charge in [0.25, 0.3) is 5.91 Å². The summed E-state index contributed by atoms with van der Waals surface area (Å²) in [5.74, 6) is -0.386. The fourth-order valence-corrected chi connectivity index (χ4v) is 1.43. The minimum Gasteiger partial charge on any atom is -0.472 e. The van der Waals surface area contributed by atoms with E-state index in [2.05, 4.69) is 10.1 Å². The summed E-state index contributed by atoms with van der Waals surface area (Å²) in [7, 11) is 1.37. The second-order valence-corrected chi connectivity index (χ2v) is 3.85. The number of hydrogen-bond donors (Lipinski definition) is 1. The van der Waals surface area contributed by atoms with Crippen molar-refractivity contribution in [1.29, 1.82) is 0 Å². The van der Waals surface area contributed by atoms with Gasteiger partial charge < -0.3 is 14.5 Å². The first-order valence-corrected chi connectivity index (χ1v) is 5.53. The van der Waals surface area contributed by atoms with Crippen molar-refractivity contribution < 1.29 is 18.7 Å². The van der Waals surface area contributed by atoms with Gasteiger partial charge in [-0.15, -0.1) is 0 Å². The van der Waals surface area contributed by atoms with Gasteiger partial charge in [0, 0.05) is 12.5 Å². The highest BCUT2D eigenvalue weighted by molar-refractivity contribution is 5.93. The maximum absolute atomic E-state index is 11.6. The molecule has 0 aliphatic heterocycles. The summed E-state index contributed by atoms with van der Waals surface area (Å²) in [6.45, 7) is 1.90. The zero-order valence-electron chi connectivity index (χ0n) is 10.1. The van der Waals surface area contributed by atoms with E-state index >= 15 is 0 Å². The molecular formula is C12H17NO4. The minimum atomic E-state index is -0.224. The smallest absolute Gasteiger partial charge is 0.305 e. The summed E-state index contributed by atoms with van der Waals surface area (Å²) in [6, 6.07) is 1.62. The predicted octanol–water partition coefficient (Wildman–Crippen LogP) is 1.74. The quantitative estimate of drug-likeness (QED) is 0.768. The Kier molecular flexibility index (Phi) is 5.26. The molecule has 0 saturated carbocycles. The Hall–Kier alpha value is -1.78. The third kappa shape index (κ3) is 4.72. The summed E-state index contributed by atoms with van der Waals surface area (Å²) in [5.41, 5.74) is 0.504. The molecule has 0 fully saturated rings. The summed E-state index contributed by atoms with van der Waals surface area (Å²) in [5, 5.41) is 2.82. The van der Waals surface area contributed by atoms with Gasteiger partial charge in [0.2, 0.25) is 0 Å². The Morgan fingerprint density at radius 2 is 2.29 bits per heavy atom. The van der Waals surface area contributed by atoms with Crippen molar-refractivity contribution in [2.75, 3.05) is 7.11 Å². The first kappa shape index (κ1) is 13.3. The van der Waals surface area contributed by atoms with Crippen LogP contribution in [0.5, 0.6) is 0 Å². The first-order valence-electron chi connectivity index (χ1n) is 5.53. The van der Waals surface area contributed by atoms with E-state index < -0.39 is 0 Å². The molecule has 0 bridgehead atoms. The number of methoxy groups -OCH3 is 1. The van der Waals surface area contributed by atoms with Crippen molar-refractivity contribution in [2.24, 2.45) is 0 Å². The summed E-state index contributed by atoms with van der Waals surface area (Å²) < 4.78 is 9.36. The van der Waals surface area contributed by atoms with Crippen LogP contribution in [0.15, 0.2) is 23.0 Å². The molecule has 5 nitrogen and oxygen atoms in total. The zero-order valence-corrected chi connectivity index (χ0v) is 10.1. The van der Waals surface area contributed by atoms with Crippen molar-refractivity contribution in [2.45, 2.75) is 32.2 Å². The summed E-state index contributed by atoms with van der Waals surface area (Å²) >= 11 is 0. The average molecular weight is 239 g/mol. The Morgan fingerprint density at radius 1 is 1.53 bits per heavy atom. The molecule has 5 heteroatoms. The molecule has 17 heavy (non-hydrogen) atoms. The zero-order chi connectivity index (χ0) is 12.7. The van der Waals surface area contributed by atoms with Crippen LogP contribution in [0.1, 0.15) is 36.5 Å². The van der Waals surface area contributed by atoms with Crippen molar-refractivity contribution >= 4 is 11.9 Å². The lowest BCUT2D eigenvalue weighted by Crippen LogP contribution is -2.32. The number of carbonyl (C=O) groups is 2. The van der Waals surface area contributed by atoms with E-state index in [0.29, 0.717) is 18.4 Å². The Labute approximate surface area is 100 Å². The van der Waals surface area contributed by atoms with Crippen LogP contribution in [0, 0.1) is 0 Å². The number of rotatable bonds is 6. The molecule has 0 aliphatic carbocycles. The van der Waals surface area contributed by atoms with Gasteiger partial charge in [0.15, 0.2) is 0 Å². The van der Waals surface area contributed by atoms with Gasteiger partial charge in [-0.3, -0.25) is 9.59 Å². The number of carbonyl (C=O) groups excluding carboxylic acids is 2. The monoisotopic (exact) mass is 239 g/mol. The van der Waals surface area contributed by atoms with Crippen molar-refractivity contribution in [3.8, 4) is 0 Å². The van der Waals surface area contributed by atoms with Crippen molar-refractivity contribution in [3.05, 3.63) is 24.2 Å². The van der Waals surface area contributed by atoms with Gasteiger partial charge in [-0.2, -0.15) is 0 Å². The fourth-order valence-electron chi connectivity index (χ4n) is 1.43. The summed E-state index contributed by atoms with van der Waals surface area (Å²) in [6.07, 6.45) is 4.66. The average Bonchev–Trinajstić information content (AvgIpc) is 2.82. The molecule has 0 aromatic carbocycles. The van der Waals surface area contributed by atoms with E-state index in [1.165, 1.54) is 19.6 Å². The molecule has 1 amide bonds. The molecule has 0 spiro atoms. The molecule has 1 aromatic heterocycles. The molecule has 1 N–H and O–H groups in total. The Bertz CT molecular complexity index is 359. The van der Waals surface area contributed by atoms with Crippen LogP contribution >= 0.6 is 0 Å². The van der Waals surface area contributed by atoms with Gasteiger partial charge in [0.1, 0.15) is 6.26 Å². The third-order valence-corrected chi connectivity index (χ3v) is 2.41. The highest BCUT2D eigenvalue weighted by atomic mass is 16.5. The predicted molar refractivity (Wildman–Crippen MR) is 61.5 cm³/mol. The normalized spacial score (nSPS) is 11.9. The molecule has 1 heterocycles. The lowest BCUT2D eigenvalue weighted by atomic mass is 10.1. The molecule has 94 valence electrons. The fraction of sp³-hybridized carbons (Fsp3) is 0.500. The molecule has 1 unspecified atom stereocenters. The lowest BCUT2D eigenvalue weighted by Gasteiger charge is -2.12. The van der Waals surface area contributed by atoms with Crippen LogP contribution in [-0.2, 0) is 9.53 Å². The minimum absolute atomic E-state index is 0.0158. The van der Waals surface area contributed by atoms with E-state index in [1.807, 2.05) is 6.92 Å². The van der Waals surface area contributed by atoms with Gasteiger partial charge in [-0.25, -0.2) is 0 Å². The molecule has 0 aliphatic rings. The maximum atomic E-state index is 11.6.